The highest BCUT2D eigenvalue weighted by Gasteiger charge is 2.40. The highest BCUT2D eigenvalue weighted by atomic mass is 19.4. The van der Waals surface area contributed by atoms with E-state index >= 15 is 0 Å². The van der Waals surface area contributed by atoms with Crippen molar-refractivity contribution in [1.29, 1.82) is 0 Å². The molecule has 0 aromatic rings. The van der Waals surface area contributed by atoms with Gasteiger partial charge < -0.3 is 10.2 Å². The second kappa shape index (κ2) is 7.72. The van der Waals surface area contributed by atoms with Crippen molar-refractivity contribution < 1.29 is 13.2 Å². The fourth-order valence-electron chi connectivity index (χ4n) is 4.87. The second-order valence-corrected chi connectivity index (χ2v) is 8.17. The van der Waals surface area contributed by atoms with E-state index in [2.05, 4.69) is 15.2 Å². The summed E-state index contributed by atoms with van der Waals surface area (Å²) in [5.41, 5.74) is 0.479. The highest BCUT2D eigenvalue weighted by molar-refractivity contribution is 5.80. The van der Waals surface area contributed by atoms with Crippen LogP contribution in [0, 0.1) is 11.3 Å². The standard InChI is InChI=1S/C18H31F3N4/c1-22-16(25-10-8-17(13-25)6-3-2-4-7-17)23-11-15-5-9-24(12-15)14-18(19,20)21/h15H,2-14H2,1H3,(H,22,23). The summed E-state index contributed by atoms with van der Waals surface area (Å²) in [5.74, 6) is 1.20. The topological polar surface area (TPSA) is 30.9 Å². The van der Waals surface area contributed by atoms with E-state index in [0.717, 1.165) is 25.5 Å². The lowest BCUT2D eigenvalue weighted by Gasteiger charge is -2.33. The minimum atomic E-state index is -4.10. The molecule has 3 fully saturated rings. The first-order valence-electron chi connectivity index (χ1n) is 9.64. The zero-order valence-electron chi connectivity index (χ0n) is 15.2. The van der Waals surface area contributed by atoms with Crippen LogP contribution in [-0.4, -0.2) is 68.3 Å². The van der Waals surface area contributed by atoms with Gasteiger partial charge >= 0.3 is 6.18 Å². The Balaban J connectivity index is 1.44. The quantitative estimate of drug-likeness (QED) is 0.620. The molecule has 3 rings (SSSR count). The van der Waals surface area contributed by atoms with Crippen molar-refractivity contribution in [1.82, 2.24) is 15.1 Å². The summed E-state index contributed by atoms with van der Waals surface area (Å²) in [6, 6.07) is 0. The van der Waals surface area contributed by atoms with Crippen LogP contribution in [0.4, 0.5) is 13.2 Å². The van der Waals surface area contributed by atoms with E-state index in [1.165, 1.54) is 43.4 Å². The average molecular weight is 360 g/mol. The van der Waals surface area contributed by atoms with Crippen LogP contribution in [0.15, 0.2) is 4.99 Å². The molecule has 1 saturated carbocycles. The molecule has 1 unspecified atom stereocenters. The number of guanidine groups is 1. The molecule has 25 heavy (non-hydrogen) atoms. The molecule has 7 heteroatoms. The van der Waals surface area contributed by atoms with Gasteiger partial charge in [-0.15, -0.1) is 0 Å². The number of likely N-dealkylation sites (tertiary alicyclic amines) is 2. The molecule has 0 aromatic carbocycles. The first-order valence-corrected chi connectivity index (χ1v) is 9.64. The third kappa shape index (κ3) is 5.02. The second-order valence-electron chi connectivity index (χ2n) is 8.17. The Bertz CT molecular complexity index is 471. The smallest absolute Gasteiger partial charge is 0.356 e. The number of nitrogens with zero attached hydrogens (tertiary/aromatic N) is 3. The van der Waals surface area contributed by atoms with Gasteiger partial charge in [-0.3, -0.25) is 9.89 Å². The minimum Gasteiger partial charge on any atom is -0.356 e. The molecule has 1 aliphatic carbocycles. The van der Waals surface area contributed by atoms with Crippen molar-refractivity contribution in [2.75, 3.05) is 46.3 Å². The van der Waals surface area contributed by atoms with Gasteiger partial charge in [-0.25, -0.2) is 0 Å². The fraction of sp³-hybridized carbons (Fsp3) is 0.944. The Hall–Kier alpha value is -0.980. The van der Waals surface area contributed by atoms with Gasteiger partial charge in [0.2, 0.25) is 0 Å². The number of alkyl halides is 3. The molecule has 1 N–H and O–H groups in total. The van der Waals surface area contributed by atoms with Crippen LogP contribution in [0.2, 0.25) is 0 Å². The van der Waals surface area contributed by atoms with Crippen LogP contribution in [0.3, 0.4) is 0 Å². The van der Waals surface area contributed by atoms with Gasteiger partial charge in [-0.2, -0.15) is 13.2 Å². The summed E-state index contributed by atoms with van der Waals surface area (Å²) in [7, 11) is 1.80. The molecule has 144 valence electrons. The Kier molecular flexibility index (Phi) is 5.81. The molecule has 1 spiro atoms. The molecule has 4 nitrogen and oxygen atoms in total. The maximum Gasteiger partial charge on any atom is 0.401 e. The molecule has 2 saturated heterocycles. The summed E-state index contributed by atoms with van der Waals surface area (Å²) in [5, 5.41) is 3.43. The predicted molar refractivity (Wildman–Crippen MR) is 93.7 cm³/mol. The summed E-state index contributed by atoms with van der Waals surface area (Å²) in [4.78, 5) is 8.30. The van der Waals surface area contributed by atoms with Gasteiger partial charge in [-0.1, -0.05) is 19.3 Å². The zero-order valence-corrected chi connectivity index (χ0v) is 15.2. The first kappa shape index (κ1) is 18.8. The van der Waals surface area contributed by atoms with Gasteiger partial charge in [-0.05, 0) is 43.6 Å². The molecule has 0 radical (unpaired) electrons. The maximum absolute atomic E-state index is 12.5. The Morgan fingerprint density at radius 3 is 2.60 bits per heavy atom. The lowest BCUT2D eigenvalue weighted by molar-refractivity contribution is -0.143. The summed E-state index contributed by atoms with van der Waals surface area (Å²) >= 11 is 0. The van der Waals surface area contributed by atoms with E-state index in [1.807, 2.05) is 0 Å². The Morgan fingerprint density at radius 2 is 1.92 bits per heavy atom. The molecule has 0 aromatic heterocycles. The number of halogens is 3. The molecular formula is C18H31F3N4. The van der Waals surface area contributed by atoms with E-state index in [1.54, 1.807) is 7.05 Å². The van der Waals surface area contributed by atoms with Crippen LogP contribution >= 0.6 is 0 Å². The fourth-order valence-corrected chi connectivity index (χ4v) is 4.87. The van der Waals surface area contributed by atoms with Crippen molar-refractivity contribution in [2.24, 2.45) is 16.3 Å². The first-order chi connectivity index (χ1) is 11.9. The van der Waals surface area contributed by atoms with Crippen molar-refractivity contribution in [2.45, 2.75) is 51.1 Å². The largest absolute Gasteiger partial charge is 0.401 e. The van der Waals surface area contributed by atoms with Crippen LogP contribution in [0.5, 0.6) is 0 Å². The number of nitrogens with one attached hydrogen (secondary N) is 1. The maximum atomic E-state index is 12.5. The molecule has 2 aliphatic heterocycles. The number of aliphatic imine (C=N–C) groups is 1. The van der Waals surface area contributed by atoms with E-state index < -0.39 is 12.7 Å². The predicted octanol–water partition coefficient (Wildman–Crippen LogP) is 3.10. The lowest BCUT2D eigenvalue weighted by Crippen LogP contribution is -2.43. The van der Waals surface area contributed by atoms with Crippen LogP contribution in [0.25, 0.3) is 0 Å². The third-order valence-electron chi connectivity index (χ3n) is 6.19. The van der Waals surface area contributed by atoms with Gasteiger partial charge in [0.25, 0.3) is 0 Å². The Morgan fingerprint density at radius 1 is 1.16 bits per heavy atom. The van der Waals surface area contributed by atoms with Crippen LogP contribution < -0.4 is 5.32 Å². The van der Waals surface area contributed by atoms with E-state index in [0.29, 0.717) is 25.0 Å². The van der Waals surface area contributed by atoms with Crippen molar-refractivity contribution in [3.05, 3.63) is 0 Å². The third-order valence-corrected chi connectivity index (χ3v) is 6.19. The molecule has 2 heterocycles. The van der Waals surface area contributed by atoms with Crippen LogP contribution in [0.1, 0.15) is 44.9 Å². The van der Waals surface area contributed by atoms with Crippen molar-refractivity contribution in [3.8, 4) is 0 Å². The lowest BCUT2D eigenvalue weighted by atomic mass is 9.73. The van der Waals surface area contributed by atoms with Gasteiger partial charge in [0.1, 0.15) is 0 Å². The Labute approximate surface area is 148 Å². The number of hydrogen-bond donors (Lipinski definition) is 1. The molecule has 1 atom stereocenters. The summed E-state index contributed by atoms with van der Waals surface area (Å²) in [6.45, 7) is 3.12. The number of hydrogen-bond acceptors (Lipinski definition) is 2. The monoisotopic (exact) mass is 360 g/mol. The normalized spacial score (nSPS) is 28.1. The average Bonchev–Trinajstić information content (AvgIpc) is 3.15. The molecule has 0 amide bonds. The zero-order chi connectivity index (χ0) is 17.9. The number of rotatable bonds is 3. The van der Waals surface area contributed by atoms with Crippen LogP contribution in [-0.2, 0) is 0 Å². The van der Waals surface area contributed by atoms with E-state index in [-0.39, 0.29) is 5.92 Å². The van der Waals surface area contributed by atoms with Gasteiger partial charge in [0, 0.05) is 33.2 Å². The minimum absolute atomic E-state index is 0.269. The van der Waals surface area contributed by atoms with E-state index in [4.69, 9.17) is 0 Å². The van der Waals surface area contributed by atoms with E-state index in [9.17, 15) is 13.2 Å². The van der Waals surface area contributed by atoms with Crippen molar-refractivity contribution in [3.63, 3.8) is 0 Å². The molecule has 0 bridgehead atoms. The summed E-state index contributed by atoms with van der Waals surface area (Å²) in [6.07, 6.45) is 4.69. The molecule has 3 aliphatic rings. The van der Waals surface area contributed by atoms with Crippen molar-refractivity contribution >= 4 is 5.96 Å². The summed E-state index contributed by atoms with van der Waals surface area (Å²) < 4.78 is 37.5. The SMILES string of the molecule is CN=C(NCC1CCN(CC(F)(F)F)C1)N1CCC2(CCCCC2)C1. The van der Waals surface area contributed by atoms with Gasteiger partial charge in [0.15, 0.2) is 5.96 Å². The van der Waals surface area contributed by atoms with Gasteiger partial charge in [0.05, 0.1) is 6.54 Å². The molecular weight excluding hydrogens is 329 g/mol. The highest BCUT2D eigenvalue weighted by Crippen LogP contribution is 2.43.